The number of nitrogens with zero attached hydrogens (tertiary/aromatic N) is 2. The molecule has 0 fully saturated rings. The van der Waals surface area contributed by atoms with Gasteiger partial charge in [-0.25, -0.2) is 4.98 Å². The molecule has 1 amide bonds. The van der Waals surface area contributed by atoms with Gasteiger partial charge in [0.2, 0.25) is 5.91 Å². The molecule has 6 heteroatoms. The highest BCUT2D eigenvalue weighted by atomic mass is 32.1. The lowest BCUT2D eigenvalue weighted by molar-refractivity contribution is -0.120. The van der Waals surface area contributed by atoms with Crippen LogP contribution in [0, 0.1) is 12.3 Å². The molecule has 0 aliphatic heterocycles. The number of nitrogens with one attached hydrogen (secondary N) is 1. The third-order valence-electron chi connectivity index (χ3n) is 5.29. The van der Waals surface area contributed by atoms with Gasteiger partial charge in [-0.2, -0.15) is 0 Å². The highest BCUT2D eigenvalue weighted by molar-refractivity contribution is 7.07. The Morgan fingerprint density at radius 3 is 2.81 bits per heavy atom. The summed E-state index contributed by atoms with van der Waals surface area (Å²) < 4.78 is 2.27. The number of Topliss-reactive ketones (excluding diaryl/α,β-unsaturated/α-hetero) is 1. The van der Waals surface area contributed by atoms with Crippen molar-refractivity contribution in [2.24, 2.45) is 5.41 Å². The predicted octanol–water partition coefficient (Wildman–Crippen LogP) is 3.72. The number of fused-ring (bicyclic) bond motifs is 1. The average Bonchev–Trinajstić information content (AvgIpc) is 3.17. The minimum Gasteiger partial charge on any atom is -0.355 e. The van der Waals surface area contributed by atoms with Crippen molar-refractivity contribution >= 4 is 23.0 Å². The van der Waals surface area contributed by atoms with Crippen molar-refractivity contribution in [1.82, 2.24) is 14.9 Å². The van der Waals surface area contributed by atoms with Gasteiger partial charge in [-0.1, -0.05) is 20.8 Å². The molecular formula is C21H29N3O2S. The average molecular weight is 388 g/mol. The van der Waals surface area contributed by atoms with E-state index in [9.17, 15) is 9.59 Å². The van der Waals surface area contributed by atoms with Crippen LogP contribution >= 0.6 is 11.3 Å². The van der Waals surface area contributed by atoms with Gasteiger partial charge in [-0.15, -0.1) is 11.3 Å². The zero-order valence-corrected chi connectivity index (χ0v) is 17.5. The lowest BCUT2D eigenvalue weighted by atomic mass is 9.75. The molecule has 0 aromatic carbocycles. The summed E-state index contributed by atoms with van der Waals surface area (Å²) >= 11 is 1.56. The van der Waals surface area contributed by atoms with Crippen LogP contribution in [0.1, 0.15) is 66.6 Å². The smallest absolute Gasteiger partial charge is 0.224 e. The Morgan fingerprint density at radius 2 is 2.15 bits per heavy atom. The van der Waals surface area contributed by atoms with Gasteiger partial charge in [0.05, 0.1) is 17.6 Å². The second kappa shape index (κ2) is 7.97. The van der Waals surface area contributed by atoms with Gasteiger partial charge in [0.1, 0.15) is 0 Å². The number of hydrogen-bond acceptors (Lipinski definition) is 4. The second-order valence-electron chi connectivity index (χ2n) is 8.23. The Balaban J connectivity index is 1.78. The van der Waals surface area contributed by atoms with E-state index in [0.29, 0.717) is 13.0 Å². The molecular weight excluding hydrogens is 358 g/mol. The molecule has 0 unspecified atom stereocenters. The second-order valence-corrected chi connectivity index (χ2v) is 8.95. The van der Waals surface area contributed by atoms with Crippen molar-refractivity contribution in [3.05, 3.63) is 39.1 Å². The van der Waals surface area contributed by atoms with Crippen molar-refractivity contribution in [2.45, 2.75) is 66.3 Å². The molecule has 5 nitrogen and oxygen atoms in total. The van der Waals surface area contributed by atoms with Gasteiger partial charge in [-0.3, -0.25) is 9.59 Å². The molecule has 2 aromatic rings. The number of hydrogen-bond donors (Lipinski definition) is 1. The number of thiazole rings is 1. The monoisotopic (exact) mass is 387 g/mol. The Kier molecular flexibility index (Phi) is 5.84. The van der Waals surface area contributed by atoms with Crippen molar-refractivity contribution in [3.8, 4) is 0 Å². The van der Waals surface area contributed by atoms with Gasteiger partial charge in [0.25, 0.3) is 0 Å². The summed E-state index contributed by atoms with van der Waals surface area (Å²) in [5.74, 6) is 0.159. The molecule has 1 N–H and O–H groups in total. The quantitative estimate of drug-likeness (QED) is 0.787. The topological polar surface area (TPSA) is 64.0 Å². The Hall–Kier alpha value is -1.95. The molecule has 1 aliphatic rings. The SMILES string of the molecule is CCCn1c(C)c(CC(=O)NCCc2cscn2)c2c1CC(C)(C)CC2=O. The van der Waals surface area contributed by atoms with Crippen molar-refractivity contribution in [1.29, 1.82) is 0 Å². The first kappa shape index (κ1) is 19.8. The number of carbonyl (C=O) groups excluding carboxylic acids is 2. The summed E-state index contributed by atoms with van der Waals surface area (Å²) in [6, 6.07) is 0. The molecule has 146 valence electrons. The Labute approximate surface area is 165 Å². The van der Waals surface area contributed by atoms with Crippen LogP contribution in [-0.2, 0) is 30.6 Å². The Morgan fingerprint density at radius 1 is 1.37 bits per heavy atom. The van der Waals surface area contributed by atoms with Crippen LogP contribution in [0.2, 0.25) is 0 Å². The summed E-state index contributed by atoms with van der Waals surface area (Å²) in [6.45, 7) is 9.96. The van der Waals surface area contributed by atoms with E-state index in [-0.39, 0.29) is 23.5 Å². The minimum atomic E-state index is -0.0255. The molecule has 0 radical (unpaired) electrons. The third-order valence-corrected chi connectivity index (χ3v) is 5.93. The molecule has 1 aliphatic carbocycles. The molecule has 27 heavy (non-hydrogen) atoms. The van der Waals surface area contributed by atoms with Crippen molar-refractivity contribution in [2.75, 3.05) is 6.54 Å². The van der Waals surface area contributed by atoms with E-state index in [4.69, 9.17) is 0 Å². The van der Waals surface area contributed by atoms with Gasteiger partial charge in [-0.05, 0) is 30.7 Å². The molecule has 0 bridgehead atoms. The maximum atomic E-state index is 12.9. The first-order chi connectivity index (χ1) is 12.8. The molecule has 2 aromatic heterocycles. The lowest BCUT2D eigenvalue weighted by Crippen LogP contribution is -2.30. The van der Waals surface area contributed by atoms with Crippen molar-refractivity contribution in [3.63, 3.8) is 0 Å². The zero-order chi connectivity index (χ0) is 19.6. The summed E-state index contributed by atoms with van der Waals surface area (Å²) in [5.41, 5.74) is 6.72. The van der Waals surface area contributed by atoms with E-state index >= 15 is 0 Å². The standard InChI is InChI=1S/C21H29N3O2S/c1-5-8-24-14(2)16(20-17(24)10-21(3,4)11-18(20)25)9-19(26)22-7-6-15-12-27-13-23-15/h12-13H,5-11H2,1-4H3,(H,22,26). The van der Waals surface area contributed by atoms with Crippen LogP contribution in [0.5, 0.6) is 0 Å². The van der Waals surface area contributed by atoms with E-state index in [1.54, 1.807) is 16.8 Å². The fourth-order valence-corrected chi connectivity index (χ4v) is 4.66. The number of ketones is 1. The normalized spacial score (nSPS) is 15.6. The molecule has 2 heterocycles. The molecule has 3 rings (SSSR count). The number of aromatic nitrogens is 2. The van der Waals surface area contributed by atoms with Gasteiger partial charge in [0.15, 0.2) is 5.78 Å². The predicted molar refractivity (Wildman–Crippen MR) is 108 cm³/mol. The number of amides is 1. The van der Waals surface area contributed by atoms with Gasteiger partial charge >= 0.3 is 0 Å². The fraction of sp³-hybridized carbons (Fsp3) is 0.571. The number of rotatable bonds is 7. The molecule has 0 saturated carbocycles. The summed E-state index contributed by atoms with van der Waals surface area (Å²) in [5, 5.41) is 4.98. The first-order valence-corrected chi connectivity index (χ1v) is 10.6. The van der Waals surface area contributed by atoms with Crippen LogP contribution in [0.4, 0.5) is 0 Å². The molecule has 0 saturated heterocycles. The van der Waals surface area contributed by atoms with Gasteiger partial charge in [0, 0.05) is 48.3 Å². The van der Waals surface area contributed by atoms with E-state index in [1.807, 2.05) is 12.3 Å². The minimum absolute atomic E-state index is 0.0204. The van der Waals surface area contributed by atoms with E-state index < -0.39 is 0 Å². The van der Waals surface area contributed by atoms with E-state index in [2.05, 4.69) is 35.6 Å². The van der Waals surface area contributed by atoms with Crippen LogP contribution < -0.4 is 5.32 Å². The molecule has 0 atom stereocenters. The van der Waals surface area contributed by atoms with Crippen molar-refractivity contribution < 1.29 is 9.59 Å². The lowest BCUT2D eigenvalue weighted by Gasteiger charge is -2.30. The zero-order valence-electron chi connectivity index (χ0n) is 16.7. The highest BCUT2D eigenvalue weighted by Gasteiger charge is 2.36. The van der Waals surface area contributed by atoms with E-state index in [1.165, 1.54) is 0 Å². The van der Waals surface area contributed by atoms with Crippen LogP contribution in [0.15, 0.2) is 10.9 Å². The fourth-order valence-electron chi connectivity index (χ4n) is 4.06. The highest BCUT2D eigenvalue weighted by Crippen LogP contribution is 2.38. The maximum Gasteiger partial charge on any atom is 0.224 e. The van der Waals surface area contributed by atoms with E-state index in [0.717, 1.165) is 54.0 Å². The van der Waals surface area contributed by atoms with Crippen LogP contribution in [-0.4, -0.2) is 27.8 Å². The summed E-state index contributed by atoms with van der Waals surface area (Å²) in [7, 11) is 0. The first-order valence-electron chi connectivity index (χ1n) is 9.70. The third kappa shape index (κ3) is 4.32. The summed E-state index contributed by atoms with van der Waals surface area (Å²) in [6.07, 6.45) is 3.45. The Bertz CT molecular complexity index is 834. The van der Waals surface area contributed by atoms with Gasteiger partial charge < -0.3 is 9.88 Å². The van der Waals surface area contributed by atoms with Crippen LogP contribution in [0.3, 0.4) is 0 Å². The molecule has 0 spiro atoms. The number of carbonyl (C=O) groups is 2. The summed E-state index contributed by atoms with van der Waals surface area (Å²) in [4.78, 5) is 29.7. The largest absolute Gasteiger partial charge is 0.355 e. The van der Waals surface area contributed by atoms with Crippen LogP contribution in [0.25, 0.3) is 0 Å². The maximum absolute atomic E-state index is 12.9.